The molecule has 0 aromatic carbocycles. The number of rotatable bonds is 5. The van der Waals surface area contributed by atoms with Crippen molar-refractivity contribution in [2.75, 3.05) is 26.7 Å². The van der Waals surface area contributed by atoms with E-state index in [1.807, 2.05) is 20.8 Å². The predicted octanol–water partition coefficient (Wildman–Crippen LogP) is 2.87. The van der Waals surface area contributed by atoms with Gasteiger partial charge in [0.15, 0.2) is 6.10 Å². The standard InChI is InChI=1S/C17H31NO3/c1-17(2,3)15(16(19)20)21-9-8-14-12-6-5-7-13(14)11-18(4)10-12/h12-15H,5-11H2,1-4H3,(H,19,20). The van der Waals surface area contributed by atoms with Gasteiger partial charge in [-0.1, -0.05) is 27.2 Å². The van der Waals surface area contributed by atoms with E-state index in [-0.39, 0.29) is 5.41 Å². The molecule has 2 fully saturated rings. The maximum atomic E-state index is 11.3. The minimum Gasteiger partial charge on any atom is -0.479 e. The highest BCUT2D eigenvalue weighted by Gasteiger charge is 2.38. The van der Waals surface area contributed by atoms with Crippen LogP contribution in [0.15, 0.2) is 0 Å². The lowest BCUT2D eigenvalue weighted by Gasteiger charge is -2.46. The van der Waals surface area contributed by atoms with Gasteiger partial charge in [-0.15, -0.1) is 0 Å². The highest BCUT2D eigenvalue weighted by Crippen LogP contribution is 2.41. The van der Waals surface area contributed by atoms with Crippen LogP contribution in [-0.2, 0) is 9.53 Å². The van der Waals surface area contributed by atoms with Crippen LogP contribution in [0.5, 0.6) is 0 Å². The first kappa shape index (κ1) is 16.8. The highest BCUT2D eigenvalue weighted by molar-refractivity contribution is 5.73. The lowest BCUT2D eigenvalue weighted by Crippen LogP contribution is -2.47. The molecular weight excluding hydrogens is 266 g/mol. The second kappa shape index (κ2) is 6.66. The van der Waals surface area contributed by atoms with Crippen LogP contribution in [0.25, 0.3) is 0 Å². The molecule has 0 amide bonds. The van der Waals surface area contributed by atoms with Crippen molar-refractivity contribution in [2.45, 2.75) is 52.6 Å². The smallest absolute Gasteiger partial charge is 0.333 e. The fourth-order valence-electron chi connectivity index (χ4n) is 4.27. The van der Waals surface area contributed by atoms with Gasteiger partial charge in [0.2, 0.25) is 0 Å². The Morgan fingerprint density at radius 3 is 2.33 bits per heavy atom. The van der Waals surface area contributed by atoms with Crippen LogP contribution in [0.2, 0.25) is 0 Å². The topological polar surface area (TPSA) is 49.8 Å². The normalized spacial score (nSPS) is 31.9. The van der Waals surface area contributed by atoms with Crippen LogP contribution < -0.4 is 0 Å². The van der Waals surface area contributed by atoms with Crippen molar-refractivity contribution >= 4 is 5.97 Å². The molecule has 3 atom stereocenters. The van der Waals surface area contributed by atoms with Crippen LogP contribution in [0, 0.1) is 23.2 Å². The average Bonchev–Trinajstić information content (AvgIpc) is 2.32. The Kier molecular flexibility index (Phi) is 5.31. The molecule has 1 aliphatic carbocycles. The molecule has 3 unspecified atom stereocenters. The third-order valence-electron chi connectivity index (χ3n) is 5.20. The summed E-state index contributed by atoms with van der Waals surface area (Å²) >= 11 is 0. The summed E-state index contributed by atoms with van der Waals surface area (Å²) in [5, 5.41) is 9.31. The third-order valence-corrected chi connectivity index (χ3v) is 5.20. The number of nitrogens with zero attached hydrogens (tertiary/aromatic N) is 1. The summed E-state index contributed by atoms with van der Waals surface area (Å²) in [6.45, 7) is 8.75. The van der Waals surface area contributed by atoms with Crippen LogP contribution in [-0.4, -0.2) is 48.8 Å². The Labute approximate surface area is 128 Å². The summed E-state index contributed by atoms with van der Waals surface area (Å²) in [4.78, 5) is 13.8. The molecule has 1 N–H and O–H groups in total. The van der Waals surface area contributed by atoms with Gasteiger partial charge in [0.05, 0.1) is 0 Å². The van der Waals surface area contributed by atoms with Crippen molar-refractivity contribution < 1.29 is 14.6 Å². The average molecular weight is 297 g/mol. The maximum absolute atomic E-state index is 11.3. The number of carbonyl (C=O) groups is 1. The van der Waals surface area contributed by atoms with Gasteiger partial charge in [-0.05, 0) is 49.5 Å². The van der Waals surface area contributed by atoms with Gasteiger partial charge in [0.1, 0.15) is 0 Å². The minimum absolute atomic E-state index is 0.353. The quantitative estimate of drug-likeness (QED) is 0.848. The molecule has 1 saturated carbocycles. The van der Waals surface area contributed by atoms with Crippen molar-refractivity contribution in [1.29, 1.82) is 0 Å². The van der Waals surface area contributed by atoms with E-state index in [0.29, 0.717) is 6.61 Å². The van der Waals surface area contributed by atoms with Crippen molar-refractivity contribution in [3.05, 3.63) is 0 Å². The van der Waals surface area contributed by atoms with Gasteiger partial charge < -0.3 is 14.7 Å². The summed E-state index contributed by atoms with van der Waals surface area (Å²) in [5.74, 6) is 1.45. The summed E-state index contributed by atoms with van der Waals surface area (Å²) in [6.07, 6.45) is 4.33. The summed E-state index contributed by atoms with van der Waals surface area (Å²) in [6, 6.07) is 0. The van der Waals surface area contributed by atoms with Crippen molar-refractivity contribution in [3.8, 4) is 0 Å². The SMILES string of the molecule is CN1CC2CCCC(C1)C2CCOC(C(=O)O)C(C)(C)C. The molecule has 4 heteroatoms. The van der Waals surface area contributed by atoms with Crippen molar-refractivity contribution in [3.63, 3.8) is 0 Å². The van der Waals surface area contributed by atoms with Crippen molar-refractivity contribution in [2.24, 2.45) is 23.2 Å². The molecule has 0 aromatic heterocycles. The zero-order valence-corrected chi connectivity index (χ0v) is 14.0. The lowest BCUT2D eigenvalue weighted by atomic mass is 9.68. The Morgan fingerprint density at radius 1 is 1.29 bits per heavy atom. The molecule has 2 bridgehead atoms. The number of carboxylic acid groups (broad SMARTS) is 1. The first-order valence-electron chi connectivity index (χ1n) is 8.32. The molecule has 21 heavy (non-hydrogen) atoms. The van der Waals surface area contributed by atoms with E-state index in [2.05, 4.69) is 11.9 Å². The van der Waals surface area contributed by atoms with E-state index in [0.717, 1.165) is 24.2 Å². The number of carboxylic acids is 1. The molecule has 4 nitrogen and oxygen atoms in total. The first-order chi connectivity index (χ1) is 9.79. The number of piperidine rings is 1. The molecule has 1 aliphatic heterocycles. The Morgan fingerprint density at radius 2 is 1.86 bits per heavy atom. The summed E-state index contributed by atoms with van der Waals surface area (Å²) in [7, 11) is 2.22. The molecular formula is C17H31NO3. The summed E-state index contributed by atoms with van der Waals surface area (Å²) in [5.41, 5.74) is -0.353. The predicted molar refractivity (Wildman–Crippen MR) is 83.3 cm³/mol. The second-order valence-corrected chi connectivity index (χ2v) is 8.08. The molecule has 122 valence electrons. The maximum Gasteiger partial charge on any atom is 0.333 e. The van der Waals surface area contributed by atoms with Gasteiger partial charge in [0.25, 0.3) is 0 Å². The number of aliphatic carboxylic acids is 1. The number of hydrogen-bond acceptors (Lipinski definition) is 3. The third kappa shape index (κ3) is 4.19. The first-order valence-corrected chi connectivity index (χ1v) is 8.32. The van der Waals surface area contributed by atoms with E-state index in [1.54, 1.807) is 0 Å². The van der Waals surface area contributed by atoms with E-state index >= 15 is 0 Å². The number of ether oxygens (including phenoxy) is 1. The van der Waals surface area contributed by atoms with Gasteiger partial charge in [-0.3, -0.25) is 0 Å². The Balaban J connectivity index is 1.86. The molecule has 0 spiro atoms. The Hall–Kier alpha value is -0.610. The van der Waals surface area contributed by atoms with Crippen molar-refractivity contribution in [1.82, 2.24) is 4.90 Å². The number of hydrogen-bond donors (Lipinski definition) is 1. The fraction of sp³-hybridized carbons (Fsp3) is 0.941. The zero-order chi connectivity index (χ0) is 15.6. The monoisotopic (exact) mass is 297 g/mol. The number of fused-ring (bicyclic) bond motifs is 2. The van der Waals surface area contributed by atoms with Gasteiger partial charge in [0, 0.05) is 19.7 Å². The van der Waals surface area contributed by atoms with E-state index in [1.165, 1.54) is 32.4 Å². The van der Waals surface area contributed by atoms with Crippen LogP contribution in [0.1, 0.15) is 46.5 Å². The van der Waals surface area contributed by atoms with E-state index < -0.39 is 12.1 Å². The van der Waals surface area contributed by atoms with Crippen LogP contribution in [0.3, 0.4) is 0 Å². The van der Waals surface area contributed by atoms with E-state index in [4.69, 9.17) is 4.74 Å². The van der Waals surface area contributed by atoms with Gasteiger partial charge in [-0.2, -0.15) is 0 Å². The van der Waals surface area contributed by atoms with Crippen LogP contribution in [0.4, 0.5) is 0 Å². The fourth-order valence-corrected chi connectivity index (χ4v) is 4.27. The van der Waals surface area contributed by atoms with Crippen LogP contribution >= 0.6 is 0 Å². The molecule has 2 aliphatic rings. The Bertz CT molecular complexity index is 350. The largest absolute Gasteiger partial charge is 0.479 e. The zero-order valence-electron chi connectivity index (χ0n) is 14.0. The lowest BCUT2D eigenvalue weighted by molar-refractivity contribution is -0.159. The second-order valence-electron chi connectivity index (χ2n) is 8.08. The highest BCUT2D eigenvalue weighted by atomic mass is 16.5. The molecule has 2 rings (SSSR count). The van der Waals surface area contributed by atoms with E-state index in [9.17, 15) is 9.90 Å². The van der Waals surface area contributed by atoms with Gasteiger partial charge >= 0.3 is 5.97 Å². The molecule has 0 aromatic rings. The molecule has 0 radical (unpaired) electrons. The molecule has 1 saturated heterocycles. The number of likely N-dealkylation sites (tertiary alicyclic amines) is 1. The van der Waals surface area contributed by atoms with Gasteiger partial charge in [-0.25, -0.2) is 4.79 Å². The molecule has 1 heterocycles. The summed E-state index contributed by atoms with van der Waals surface area (Å²) < 4.78 is 5.75. The minimum atomic E-state index is -0.842.